The topological polar surface area (TPSA) is 33.7 Å². The molecule has 144 valence electrons. The molecule has 0 bridgehead atoms. The maximum atomic E-state index is 5.63. The molecule has 0 spiro atoms. The van der Waals surface area contributed by atoms with E-state index in [0.717, 1.165) is 29.9 Å². The number of nitrogens with one attached hydrogen (secondary N) is 1. The van der Waals surface area contributed by atoms with E-state index >= 15 is 0 Å². The highest BCUT2D eigenvalue weighted by molar-refractivity contribution is 5.43. The average molecular weight is 351 g/mol. The van der Waals surface area contributed by atoms with Gasteiger partial charge in [-0.2, -0.15) is 0 Å². The largest absolute Gasteiger partial charge is 0.486 e. The number of benzene rings is 1. The molecular weight excluding hydrogens is 312 g/mol. The van der Waals surface area contributed by atoms with Gasteiger partial charge < -0.3 is 14.8 Å². The normalized spacial score (nSPS) is 22.2. The lowest BCUT2D eigenvalue weighted by atomic mass is 9.99. The minimum Gasteiger partial charge on any atom is -0.486 e. The molecule has 3 aliphatic rings. The van der Waals surface area contributed by atoms with Crippen LogP contribution in [0.2, 0.25) is 0 Å². The Kier molecular flexibility index (Phi) is 7.00. The van der Waals surface area contributed by atoms with Crippen LogP contribution in [0.1, 0.15) is 47.9 Å². The summed E-state index contributed by atoms with van der Waals surface area (Å²) < 4.78 is 11.2. The zero-order valence-electron chi connectivity index (χ0n) is 15.9. The molecule has 1 aromatic rings. The molecule has 4 rings (SSSR count). The molecular formula is C21H38N2O2. The molecule has 0 amide bonds. The maximum absolute atomic E-state index is 5.63. The Labute approximate surface area is 155 Å². The van der Waals surface area contributed by atoms with Crippen LogP contribution in [0.3, 0.4) is 0 Å². The smallest absolute Gasteiger partial charge is 0.161 e. The second-order valence-electron chi connectivity index (χ2n) is 7.87. The fourth-order valence-electron chi connectivity index (χ4n) is 3.63. The Balaban J connectivity index is 0.000000347. The van der Waals surface area contributed by atoms with Crippen LogP contribution >= 0.6 is 0 Å². The van der Waals surface area contributed by atoms with Crippen molar-refractivity contribution in [2.45, 2.75) is 46.1 Å². The van der Waals surface area contributed by atoms with Gasteiger partial charge >= 0.3 is 0 Å². The Morgan fingerprint density at radius 1 is 0.960 bits per heavy atom. The predicted molar refractivity (Wildman–Crippen MR) is 107 cm³/mol. The van der Waals surface area contributed by atoms with Gasteiger partial charge in [0.2, 0.25) is 0 Å². The lowest BCUT2D eigenvalue weighted by Crippen LogP contribution is -2.32. The number of ether oxygens (including phenoxy) is 2. The summed E-state index contributed by atoms with van der Waals surface area (Å²) in [7, 11) is 0. The standard InChI is InChI=1S/C15H21NO2.C6H13N.2H2/c1-12-4-6-16(7-5-12)11-13-2-3-14-15(10-13)18-9-8-17-14;1-6-2-4-7-5-3-6;;/h2-3,10,12H,4-9,11H2,1H3;6-7H,2-5H2,1H3;2*1H. The first-order valence-electron chi connectivity index (χ1n) is 10.0. The minimum atomic E-state index is 0. The molecule has 0 atom stereocenters. The highest BCUT2D eigenvalue weighted by atomic mass is 16.6. The number of likely N-dealkylation sites (tertiary alicyclic amines) is 1. The van der Waals surface area contributed by atoms with Gasteiger partial charge in [0.15, 0.2) is 11.5 Å². The van der Waals surface area contributed by atoms with Crippen LogP contribution in [0.15, 0.2) is 18.2 Å². The van der Waals surface area contributed by atoms with Gasteiger partial charge in [0.05, 0.1) is 0 Å². The molecule has 3 aliphatic heterocycles. The summed E-state index contributed by atoms with van der Waals surface area (Å²) in [6.45, 7) is 11.9. The van der Waals surface area contributed by atoms with E-state index in [-0.39, 0.29) is 2.85 Å². The Hall–Kier alpha value is -1.26. The second-order valence-corrected chi connectivity index (χ2v) is 7.87. The molecule has 0 saturated carbocycles. The van der Waals surface area contributed by atoms with Gasteiger partial charge in [0.1, 0.15) is 13.2 Å². The van der Waals surface area contributed by atoms with Crippen molar-refractivity contribution in [3.63, 3.8) is 0 Å². The van der Waals surface area contributed by atoms with E-state index < -0.39 is 0 Å². The van der Waals surface area contributed by atoms with Crippen molar-refractivity contribution in [1.82, 2.24) is 10.2 Å². The average Bonchev–Trinajstić information content (AvgIpc) is 2.65. The van der Waals surface area contributed by atoms with Gasteiger partial charge in [-0.15, -0.1) is 0 Å². The van der Waals surface area contributed by atoms with E-state index in [1.165, 1.54) is 57.4 Å². The molecule has 1 aromatic carbocycles. The van der Waals surface area contributed by atoms with Gasteiger partial charge in [-0.3, -0.25) is 4.90 Å². The zero-order chi connectivity index (χ0) is 17.5. The summed E-state index contributed by atoms with van der Waals surface area (Å²) in [5, 5.41) is 3.32. The van der Waals surface area contributed by atoms with Gasteiger partial charge in [-0.25, -0.2) is 0 Å². The third kappa shape index (κ3) is 5.89. The molecule has 0 aliphatic carbocycles. The fraction of sp³-hybridized carbons (Fsp3) is 0.714. The molecule has 4 nitrogen and oxygen atoms in total. The van der Waals surface area contributed by atoms with E-state index in [4.69, 9.17) is 9.47 Å². The number of hydrogen-bond acceptors (Lipinski definition) is 4. The first-order valence-corrected chi connectivity index (χ1v) is 10.0. The molecule has 2 saturated heterocycles. The fourth-order valence-corrected chi connectivity index (χ4v) is 3.63. The van der Waals surface area contributed by atoms with Crippen LogP contribution in [-0.4, -0.2) is 44.3 Å². The highest BCUT2D eigenvalue weighted by Gasteiger charge is 2.17. The minimum absolute atomic E-state index is 0. The summed E-state index contributed by atoms with van der Waals surface area (Å²) in [6, 6.07) is 6.33. The van der Waals surface area contributed by atoms with Gasteiger partial charge in [0, 0.05) is 9.40 Å². The Bertz CT molecular complexity index is 531. The van der Waals surface area contributed by atoms with E-state index in [1.54, 1.807) is 0 Å². The Morgan fingerprint density at radius 2 is 1.60 bits per heavy atom. The van der Waals surface area contributed by atoms with Crippen LogP contribution in [0, 0.1) is 11.8 Å². The molecule has 1 N–H and O–H groups in total. The monoisotopic (exact) mass is 350 g/mol. The first kappa shape index (κ1) is 18.5. The van der Waals surface area contributed by atoms with Crippen LogP contribution in [-0.2, 0) is 6.54 Å². The number of rotatable bonds is 2. The van der Waals surface area contributed by atoms with Gasteiger partial charge in [-0.1, -0.05) is 19.9 Å². The van der Waals surface area contributed by atoms with E-state index in [9.17, 15) is 0 Å². The molecule has 25 heavy (non-hydrogen) atoms. The summed E-state index contributed by atoms with van der Waals surface area (Å²) in [5.41, 5.74) is 1.33. The van der Waals surface area contributed by atoms with Crippen molar-refractivity contribution in [1.29, 1.82) is 0 Å². The Morgan fingerprint density at radius 3 is 2.24 bits per heavy atom. The van der Waals surface area contributed by atoms with E-state index in [0.29, 0.717) is 13.2 Å². The number of hydrogen-bond donors (Lipinski definition) is 1. The third-order valence-electron chi connectivity index (χ3n) is 5.52. The molecule has 2 fully saturated rings. The van der Waals surface area contributed by atoms with Crippen molar-refractivity contribution in [3.8, 4) is 11.5 Å². The number of nitrogens with zero attached hydrogens (tertiary/aromatic N) is 1. The molecule has 0 aromatic heterocycles. The number of fused-ring (bicyclic) bond motifs is 1. The summed E-state index contributed by atoms with van der Waals surface area (Å²) in [6.07, 6.45) is 5.40. The highest BCUT2D eigenvalue weighted by Crippen LogP contribution is 2.31. The predicted octanol–water partition coefficient (Wildman–Crippen LogP) is 4.19. The van der Waals surface area contributed by atoms with Crippen molar-refractivity contribution < 1.29 is 12.3 Å². The summed E-state index contributed by atoms with van der Waals surface area (Å²) in [5.74, 6) is 3.66. The SMILES string of the molecule is CC1CCN(Cc2ccc3c(c2)OCCO3)CC1.CC1CCNCC1.[HH].[HH]. The third-order valence-corrected chi connectivity index (χ3v) is 5.52. The summed E-state index contributed by atoms with van der Waals surface area (Å²) >= 11 is 0. The van der Waals surface area contributed by atoms with Crippen LogP contribution in [0.5, 0.6) is 11.5 Å². The molecule has 0 radical (unpaired) electrons. The van der Waals surface area contributed by atoms with Crippen molar-refractivity contribution >= 4 is 0 Å². The van der Waals surface area contributed by atoms with Crippen molar-refractivity contribution in [2.75, 3.05) is 39.4 Å². The zero-order valence-corrected chi connectivity index (χ0v) is 15.9. The van der Waals surface area contributed by atoms with Crippen LogP contribution in [0.4, 0.5) is 0 Å². The lowest BCUT2D eigenvalue weighted by molar-refractivity contribution is 0.169. The maximum Gasteiger partial charge on any atom is 0.161 e. The first-order chi connectivity index (χ1) is 12.2. The molecule has 4 heteroatoms. The van der Waals surface area contributed by atoms with Gasteiger partial charge in [0.25, 0.3) is 0 Å². The van der Waals surface area contributed by atoms with Crippen LogP contribution in [0.25, 0.3) is 0 Å². The van der Waals surface area contributed by atoms with Gasteiger partial charge in [-0.05, 0) is 81.4 Å². The molecule has 3 heterocycles. The quantitative estimate of drug-likeness (QED) is 0.867. The number of piperidine rings is 2. The molecule has 0 unspecified atom stereocenters. The van der Waals surface area contributed by atoms with E-state index in [2.05, 4.69) is 36.2 Å². The van der Waals surface area contributed by atoms with Crippen molar-refractivity contribution in [2.24, 2.45) is 11.8 Å². The summed E-state index contributed by atoms with van der Waals surface area (Å²) in [4.78, 5) is 2.53. The second kappa shape index (κ2) is 9.44. The van der Waals surface area contributed by atoms with Crippen LogP contribution < -0.4 is 14.8 Å². The van der Waals surface area contributed by atoms with Crippen molar-refractivity contribution in [3.05, 3.63) is 23.8 Å². The lowest BCUT2D eigenvalue weighted by Gasteiger charge is -2.30. The van der Waals surface area contributed by atoms with E-state index in [1.807, 2.05) is 6.07 Å².